The number of ketones is 1. The van der Waals surface area contributed by atoms with Crippen LogP contribution in [-0.2, 0) is 24.9 Å². The maximum absolute atomic E-state index is 10.0. The Balaban J connectivity index is 0.000000303. The van der Waals surface area contributed by atoms with Gasteiger partial charge in [0.25, 0.3) is 0 Å². The molecule has 0 aliphatic carbocycles. The Morgan fingerprint density at radius 3 is 2.38 bits per heavy atom. The zero-order valence-corrected chi connectivity index (χ0v) is 22.7. The molecule has 1 radical (unpaired) electrons. The third kappa shape index (κ3) is 4.38. The molecule has 6 rings (SSSR count). The van der Waals surface area contributed by atoms with E-state index >= 15 is 0 Å². The van der Waals surface area contributed by atoms with E-state index in [1.54, 1.807) is 0 Å². The van der Waals surface area contributed by atoms with Gasteiger partial charge in [-0.2, -0.15) is 0 Å². The fourth-order valence-electron chi connectivity index (χ4n) is 4.21. The summed E-state index contributed by atoms with van der Waals surface area (Å²) in [5, 5.41) is 12.1. The number of nitrogens with zero attached hydrogens (tertiary/aromatic N) is 2. The number of aliphatic hydroxyl groups excluding tert-OH is 1. The van der Waals surface area contributed by atoms with Crippen LogP contribution in [0.5, 0.6) is 0 Å². The van der Waals surface area contributed by atoms with E-state index in [0.29, 0.717) is 0 Å². The molecule has 0 atom stereocenters. The Hall–Kier alpha value is -3.01. The van der Waals surface area contributed by atoms with E-state index in [1.807, 2.05) is 12.3 Å². The molecule has 0 saturated carbocycles. The molecule has 0 aliphatic rings. The number of pyridine rings is 1. The van der Waals surface area contributed by atoms with Crippen molar-refractivity contribution in [1.82, 2.24) is 9.55 Å². The second-order valence-electron chi connectivity index (χ2n) is 7.78. The van der Waals surface area contributed by atoms with Crippen LogP contribution in [0, 0.1) is 6.07 Å². The van der Waals surface area contributed by atoms with Crippen LogP contribution in [0.25, 0.3) is 46.9 Å². The van der Waals surface area contributed by atoms with Crippen molar-refractivity contribution in [2.45, 2.75) is 13.8 Å². The Morgan fingerprint density at radius 1 is 0.941 bits per heavy atom. The molecule has 6 heteroatoms. The minimum atomic E-state index is -0.125. The van der Waals surface area contributed by atoms with Gasteiger partial charge < -0.3 is 5.11 Å². The average molecular weight is 689 g/mol. The van der Waals surface area contributed by atoms with Gasteiger partial charge in [-0.15, -0.1) is 0 Å². The monoisotopic (exact) mass is 690 g/mol. The topological polar surface area (TPSA) is 55.1 Å². The number of aliphatic hydroxyl groups is 1. The quantitative estimate of drug-likeness (QED) is 0.0996. The molecule has 0 fully saturated rings. The van der Waals surface area contributed by atoms with E-state index in [-0.39, 0.29) is 46.2 Å². The molecular formula is C28H21IrN2O2Se-. The zero-order valence-electron chi connectivity index (χ0n) is 18.6. The third-order valence-corrected chi connectivity index (χ3v) is 7.72. The fourth-order valence-corrected chi connectivity index (χ4v) is 6.51. The first-order chi connectivity index (χ1) is 16.0. The summed E-state index contributed by atoms with van der Waals surface area (Å²) in [4.78, 5) is 14.8. The van der Waals surface area contributed by atoms with Gasteiger partial charge in [-0.25, -0.2) is 0 Å². The van der Waals surface area contributed by atoms with Gasteiger partial charge in [-0.3, -0.25) is 4.79 Å². The summed E-state index contributed by atoms with van der Waals surface area (Å²) < 4.78 is 5.14. The first-order valence-electron chi connectivity index (χ1n) is 10.6. The Bertz CT molecular complexity index is 1660. The summed E-state index contributed by atoms with van der Waals surface area (Å²) >= 11 is 0.239. The molecule has 4 nitrogen and oxygen atoms in total. The molecule has 3 aromatic heterocycles. The van der Waals surface area contributed by atoms with Gasteiger partial charge in [-0.1, -0.05) is 0 Å². The standard InChI is InChI=1S/C23H13N2Se.C5H8O2.Ir/c1-2-7-15(8-3-1)25-17-10-6-12-20-21(17)22-18(25)13-14-24-23(22)16-9-4-5-11-19(16)26-20;1-4(6)3-5(2)7;/h1-8,10-14H;3,6H,1-2H3;/q-1;;/b;4-3-;. The summed E-state index contributed by atoms with van der Waals surface area (Å²) in [5.41, 5.74) is 4.72. The molecule has 3 aromatic carbocycles. The van der Waals surface area contributed by atoms with Crippen molar-refractivity contribution in [3.8, 4) is 5.69 Å². The number of hydrogen-bond donors (Lipinski definition) is 1. The van der Waals surface area contributed by atoms with Crippen LogP contribution in [0.15, 0.2) is 90.8 Å². The van der Waals surface area contributed by atoms with Gasteiger partial charge in [0.2, 0.25) is 0 Å². The molecule has 0 saturated heterocycles. The number of hydrogen-bond acceptors (Lipinski definition) is 3. The van der Waals surface area contributed by atoms with Crippen molar-refractivity contribution in [2.24, 2.45) is 0 Å². The number of benzene rings is 3. The number of carbonyl (C=O) groups excluding carboxylic acids is 1. The maximum atomic E-state index is 10.0. The van der Waals surface area contributed by atoms with Crippen LogP contribution >= 0.6 is 0 Å². The van der Waals surface area contributed by atoms with Crippen molar-refractivity contribution < 1.29 is 30.0 Å². The average Bonchev–Trinajstić information content (AvgIpc) is 3.06. The van der Waals surface area contributed by atoms with Crippen LogP contribution in [0.3, 0.4) is 0 Å². The molecule has 3 heterocycles. The number of fused-ring (bicyclic) bond motifs is 2. The second kappa shape index (κ2) is 10.1. The third-order valence-electron chi connectivity index (χ3n) is 5.37. The van der Waals surface area contributed by atoms with Crippen LogP contribution < -0.4 is 0 Å². The molecule has 0 bridgehead atoms. The van der Waals surface area contributed by atoms with Crippen molar-refractivity contribution >= 4 is 61.5 Å². The van der Waals surface area contributed by atoms with Crippen LogP contribution in [0.4, 0.5) is 0 Å². The van der Waals surface area contributed by atoms with Gasteiger partial charge in [0.1, 0.15) is 0 Å². The molecule has 0 spiro atoms. The molecular weight excluding hydrogens is 667 g/mol. The van der Waals surface area contributed by atoms with Crippen LogP contribution in [0.2, 0.25) is 0 Å². The van der Waals surface area contributed by atoms with Gasteiger partial charge in [0, 0.05) is 26.2 Å². The van der Waals surface area contributed by atoms with E-state index in [9.17, 15) is 4.79 Å². The van der Waals surface area contributed by atoms with Crippen molar-refractivity contribution in [3.63, 3.8) is 0 Å². The number of rotatable bonds is 2. The van der Waals surface area contributed by atoms with Gasteiger partial charge >= 0.3 is 156 Å². The van der Waals surface area contributed by atoms with Crippen LogP contribution in [0.1, 0.15) is 13.8 Å². The number of para-hydroxylation sites is 1. The van der Waals surface area contributed by atoms with Crippen molar-refractivity contribution in [2.75, 3.05) is 0 Å². The number of allylic oxidation sites excluding steroid dienone is 2. The first kappa shape index (κ1) is 24.1. The van der Waals surface area contributed by atoms with Crippen molar-refractivity contribution in [3.05, 3.63) is 96.9 Å². The Labute approximate surface area is 216 Å². The number of aromatic nitrogens is 2. The summed E-state index contributed by atoms with van der Waals surface area (Å²) in [6.07, 6.45) is 3.10. The molecule has 171 valence electrons. The molecule has 34 heavy (non-hydrogen) atoms. The molecule has 0 unspecified atom stereocenters. The SMILES string of the molecule is CC(=O)/C=C(/C)O.[Ir].[c-]1cccc2[se]c3cccc4c3c3c(nccc3n4-c3ccccc3)c12. The van der Waals surface area contributed by atoms with E-state index in [2.05, 4.69) is 77.4 Å². The summed E-state index contributed by atoms with van der Waals surface area (Å²) in [7, 11) is 0. The normalized spacial score (nSPS) is 11.4. The minimum absolute atomic E-state index is 0. The summed E-state index contributed by atoms with van der Waals surface area (Å²) in [5.74, 6) is -0.0625. The summed E-state index contributed by atoms with van der Waals surface area (Å²) in [6, 6.07) is 29.2. The van der Waals surface area contributed by atoms with Gasteiger partial charge in [0.15, 0.2) is 5.78 Å². The first-order valence-corrected chi connectivity index (χ1v) is 12.3. The number of carbonyl (C=O) groups is 1. The zero-order chi connectivity index (χ0) is 22.9. The molecule has 1 N–H and O–H groups in total. The Kier molecular flexibility index (Phi) is 7.16. The molecule has 0 amide bonds. The van der Waals surface area contributed by atoms with E-state index in [0.717, 1.165) is 10.9 Å². The van der Waals surface area contributed by atoms with E-state index in [1.165, 1.54) is 55.9 Å². The molecule has 6 aromatic rings. The van der Waals surface area contributed by atoms with E-state index < -0.39 is 0 Å². The van der Waals surface area contributed by atoms with Crippen LogP contribution in [-0.4, -0.2) is 34.9 Å². The van der Waals surface area contributed by atoms with Crippen molar-refractivity contribution in [1.29, 1.82) is 0 Å². The summed E-state index contributed by atoms with van der Waals surface area (Å²) in [6.45, 7) is 2.85. The Morgan fingerprint density at radius 2 is 1.68 bits per heavy atom. The van der Waals surface area contributed by atoms with Gasteiger partial charge in [0.05, 0.1) is 5.76 Å². The van der Waals surface area contributed by atoms with Gasteiger partial charge in [-0.05, 0) is 13.8 Å². The van der Waals surface area contributed by atoms with E-state index in [4.69, 9.17) is 10.1 Å². The predicted octanol–water partition coefficient (Wildman–Crippen LogP) is 6.38. The predicted molar refractivity (Wildman–Crippen MR) is 136 cm³/mol. The fraction of sp³-hybridized carbons (Fsp3) is 0.0714. The second-order valence-corrected chi connectivity index (χ2v) is 10.1. The molecule has 0 aliphatic heterocycles.